The van der Waals surface area contributed by atoms with Gasteiger partial charge in [0.05, 0.1) is 6.07 Å². The molecule has 19 heavy (non-hydrogen) atoms. The first-order valence-electron chi connectivity index (χ1n) is 7.33. The van der Waals surface area contributed by atoms with Gasteiger partial charge in [0, 0.05) is 18.4 Å². The lowest BCUT2D eigenvalue weighted by molar-refractivity contribution is 0.467. The van der Waals surface area contributed by atoms with Crippen LogP contribution in [0.3, 0.4) is 0 Å². The molecule has 1 aromatic rings. The van der Waals surface area contributed by atoms with Gasteiger partial charge in [0.1, 0.15) is 0 Å². The van der Waals surface area contributed by atoms with E-state index in [-0.39, 0.29) is 5.41 Å². The van der Waals surface area contributed by atoms with Gasteiger partial charge in [-0.05, 0) is 48.9 Å². The third kappa shape index (κ3) is 3.58. The second-order valence-corrected chi connectivity index (χ2v) is 6.16. The van der Waals surface area contributed by atoms with Crippen molar-refractivity contribution in [2.45, 2.75) is 51.4 Å². The summed E-state index contributed by atoms with van der Waals surface area (Å²) in [6.07, 6.45) is 5.39. The van der Waals surface area contributed by atoms with Crippen LogP contribution >= 0.6 is 0 Å². The van der Waals surface area contributed by atoms with Crippen molar-refractivity contribution in [1.82, 2.24) is 5.32 Å². The normalized spacial score (nSPS) is 14.2. The molecule has 0 heterocycles. The lowest BCUT2D eigenvalue weighted by Crippen LogP contribution is -2.33. The fraction of sp³-hybridized carbons (Fsp3) is 0.588. The first-order chi connectivity index (χ1) is 9.13. The van der Waals surface area contributed by atoms with Gasteiger partial charge in [0.25, 0.3) is 0 Å². The number of unbranched alkanes of at least 4 members (excludes halogenated alkanes) is 1. The zero-order valence-corrected chi connectivity index (χ0v) is 12.1. The maximum atomic E-state index is 8.52. The highest BCUT2D eigenvalue weighted by atomic mass is 14.9. The van der Waals surface area contributed by atoms with Crippen LogP contribution in [0.1, 0.15) is 49.8 Å². The van der Waals surface area contributed by atoms with E-state index < -0.39 is 0 Å². The van der Waals surface area contributed by atoms with Crippen molar-refractivity contribution in [3.05, 3.63) is 34.9 Å². The third-order valence-electron chi connectivity index (χ3n) is 4.09. The van der Waals surface area contributed by atoms with Crippen LogP contribution in [0.25, 0.3) is 0 Å². The molecule has 1 aliphatic carbocycles. The van der Waals surface area contributed by atoms with Crippen LogP contribution in [0.4, 0.5) is 0 Å². The van der Waals surface area contributed by atoms with Crippen molar-refractivity contribution >= 4 is 0 Å². The highest BCUT2D eigenvalue weighted by Gasteiger charge is 2.22. The number of aryl methyl sites for hydroxylation is 2. The molecule has 0 bridgehead atoms. The maximum Gasteiger partial charge on any atom is 0.0622 e. The first-order valence-corrected chi connectivity index (χ1v) is 7.33. The quantitative estimate of drug-likeness (QED) is 0.792. The zero-order valence-electron chi connectivity index (χ0n) is 12.1. The Bertz CT molecular complexity index is 469. The SMILES string of the molecule is CC(C)(CNCCCC#N)c1ccc2c(c1)CCC2. The molecule has 0 aromatic heterocycles. The molecule has 1 aromatic carbocycles. The Morgan fingerprint density at radius 2 is 2.05 bits per heavy atom. The smallest absolute Gasteiger partial charge is 0.0622 e. The van der Waals surface area contributed by atoms with Crippen molar-refractivity contribution in [1.29, 1.82) is 5.26 Å². The van der Waals surface area contributed by atoms with Gasteiger partial charge in [-0.2, -0.15) is 5.26 Å². The summed E-state index contributed by atoms with van der Waals surface area (Å²) in [7, 11) is 0. The highest BCUT2D eigenvalue weighted by molar-refractivity contribution is 5.38. The summed E-state index contributed by atoms with van der Waals surface area (Å²) in [5.41, 5.74) is 4.68. The number of nitriles is 1. The molecule has 0 fully saturated rings. The van der Waals surface area contributed by atoms with E-state index in [0.29, 0.717) is 6.42 Å². The van der Waals surface area contributed by atoms with Crippen molar-refractivity contribution in [3.63, 3.8) is 0 Å². The standard InChI is InChI=1S/C17H24N2/c1-17(2,13-19-11-4-3-10-18)16-9-8-14-6-5-7-15(14)12-16/h8-9,12,19H,3-7,11,13H2,1-2H3. The molecule has 2 rings (SSSR count). The second-order valence-electron chi connectivity index (χ2n) is 6.16. The molecule has 0 aliphatic heterocycles. The number of hydrogen-bond acceptors (Lipinski definition) is 2. The van der Waals surface area contributed by atoms with Gasteiger partial charge >= 0.3 is 0 Å². The number of nitrogens with one attached hydrogen (secondary N) is 1. The lowest BCUT2D eigenvalue weighted by Gasteiger charge is -2.26. The predicted octanol–water partition coefficient (Wildman–Crippen LogP) is 3.35. The maximum absolute atomic E-state index is 8.52. The topological polar surface area (TPSA) is 35.8 Å². The van der Waals surface area contributed by atoms with Gasteiger partial charge in [0.15, 0.2) is 0 Å². The summed E-state index contributed by atoms with van der Waals surface area (Å²) in [6, 6.07) is 9.19. The van der Waals surface area contributed by atoms with Crippen molar-refractivity contribution in [3.8, 4) is 6.07 Å². The molecular formula is C17H24N2. The lowest BCUT2D eigenvalue weighted by atomic mass is 9.83. The zero-order chi connectivity index (χ0) is 13.7. The van der Waals surface area contributed by atoms with E-state index >= 15 is 0 Å². The Labute approximate surface area is 116 Å². The molecule has 0 spiro atoms. The Morgan fingerprint density at radius 1 is 1.26 bits per heavy atom. The van der Waals surface area contributed by atoms with Gasteiger partial charge in [-0.15, -0.1) is 0 Å². The number of fused-ring (bicyclic) bond motifs is 1. The van der Waals surface area contributed by atoms with Crippen LogP contribution in [-0.2, 0) is 18.3 Å². The number of hydrogen-bond donors (Lipinski definition) is 1. The Kier molecular flexibility index (Phi) is 4.61. The average Bonchev–Trinajstić information content (AvgIpc) is 2.85. The molecular weight excluding hydrogens is 232 g/mol. The molecule has 0 unspecified atom stereocenters. The molecule has 1 aliphatic rings. The Hall–Kier alpha value is -1.33. The Morgan fingerprint density at radius 3 is 2.84 bits per heavy atom. The molecule has 1 N–H and O–H groups in total. The van der Waals surface area contributed by atoms with E-state index in [9.17, 15) is 0 Å². The molecule has 2 heteroatoms. The van der Waals surface area contributed by atoms with Crippen molar-refractivity contribution in [2.75, 3.05) is 13.1 Å². The van der Waals surface area contributed by atoms with Gasteiger partial charge in [-0.1, -0.05) is 32.0 Å². The summed E-state index contributed by atoms with van der Waals surface area (Å²) < 4.78 is 0. The van der Waals surface area contributed by atoms with Gasteiger partial charge in [0.2, 0.25) is 0 Å². The second kappa shape index (κ2) is 6.21. The minimum Gasteiger partial charge on any atom is -0.316 e. The Balaban J connectivity index is 1.93. The van der Waals surface area contributed by atoms with E-state index in [1.165, 1.54) is 24.8 Å². The summed E-state index contributed by atoms with van der Waals surface area (Å²) in [5.74, 6) is 0. The van der Waals surface area contributed by atoms with Crippen LogP contribution in [0.15, 0.2) is 18.2 Å². The van der Waals surface area contributed by atoms with Gasteiger partial charge in [-0.3, -0.25) is 0 Å². The van der Waals surface area contributed by atoms with Crippen LogP contribution in [0.2, 0.25) is 0 Å². The minimum absolute atomic E-state index is 0.157. The molecule has 102 valence electrons. The van der Waals surface area contributed by atoms with E-state index in [0.717, 1.165) is 19.5 Å². The molecule has 0 radical (unpaired) electrons. The van der Waals surface area contributed by atoms with Crippen LogP contribution < -0.4 is 5.32 Å². The van der Waals surface area contributed by atoms with E-state index in [1.807, 2.05) is 0 Å². The fourth-order valence-electron chi connectivity index (χ4n) is 2.79. The van der Waals surface area contributed by atoms with Gasteiger partial charge in [-0.25, -0.2) is 0 Å². The molecule has 0 atom stereocenters. The number of benzene rings is 1. The molecule has 2 nitrogen and oxygen atoms in total. The minimum atomic E-state index is 0.157. The molecule has 0 amide bonds. The summed E-state index contributed by atoms with van der Waals surface area (Å²) in [5, 5.41) is 12.0. The first kappa shape index (κ1) is 14.1. The van der Waals surface area contributed by atoms with Gasteiger partial charge < -0.3 is 5.32 Å². The monoisotopic (exact) mass is 256 g/mol. The summed E-state index contributed by atoms with van der Waals surface area (Å²) in [6.45, 7) is 6.49. The predicted molar refractivity (Wildman–Crippen MR) is 79.2 cm³/mol. The van der Waals surface area contributed by atoms with E-state index in [4.69, 9.17) is 5.26 Å². The molecule has 0 saturated heterocycles. The van der Waals surface area contributed by atoms with Crippen molar-refractivity contribution in [2.24, 2.45) is 0 Å². The number of nitrogens with zero attached hydrogens (tertiary/aromatic N) is 1. The fourth-order valence-corrected chi connectivity index (χ4v) is 2.79. The van der Waals surface area contributed by atoms with E-state index in [2.05, 4.69) is 43.4 Å². The van der Waals surface area contributed by atoms with E-state index in [1.54, 1.807) is 11.1 Å². The summed E-state index contributed by atoms with van der Waals surface area (Å²) >= 11 is 0. The number of rotatable bonds is 6. The largest absolute Gasteiger partial charge is 0.316 e. The molecule has 0 saturated carbocycles. The van der Waals surface area contributed by atoms with Crippen LogP contribution in [-0.4, -0.2) is 13.1 Å². The van der Waals surface area contributed by atoms with Crippen LogP contribution in [0.5, 0.6) is 0 Å². The van der Waals surface area contributed by atoms with Crippen molar-refractivity contribution < 1.29 is 0 Å². The van der Waals surface area contributed by atoms with Crippen LogP contribution in [0, 0.1) is 11.3 Å². The summed E-state index contributed by atoms with van der Waals surface area (Å²) in [4.78, 5) is 0. The third-order valence-corrected chi connectivity index (χ3v) is 4.09. The highest BCUT2D eigenvalue weighted by Crippen LogP contribution is 2.29. The average molecular weight is 256 g/mol.